The van der Waals surface area contributed by atoms with Gasteiger partial charge in [0.1, 0.15) is 17.5 Å². The van der Waals surface area contributed by atoms with Crippen molar-refractivity contribution in [3.05, 3.63) is 71.3 Å². The van der Waals surface area contributed by atoms with Crippen molar-refractivity contribution in [2.75, 3.05) is 41.3 Å². The van der Waals surface area contributed by atoms with Crippen molar-refractivity contribution < 1.29 is 0 Å². The minimum absolute atomic E-state index is 0.650. The number of anilines is 3. The predicted octanol–water partition coefficient (Wildman–Crippen LogP) is 3.74. The van der Waals surface area contributed by atoms with Crippen LogP contribution in [0, 0.1) is 20.8 Å². The fourth-order valence-corrected chi connectivity index (χ4v) is 3.74. The molecular weight excluding hydrogens is 360 g/mol. The molecule has 1 fully saturated rings. The molecule has 1 aliphatic rings. The molecule has 3 heterocycles. The van der Waals surface area contributed by atoms with E-state index in [0.29, 0.717) is 6.54 Å². The molecule has 2 aromatic heterocycles. The Hall–Kier alpha value is -3.15. The number of piperazine rings is 1. The van der Waals surface area contributed by atoms with E-state index in [0.717, 1.165) is 49.3 Å². The lowest BCUT2D eigenvalue weighted by molar-refractivity contribution is 0.644. The lowest BCUT2D eigenvalue weighted by Gasteiger charge is -2.37. The molecule has 150 valence electrons. The highest BCUT2D eigenvalue weighted by Crippen LogP contribution is 2.25. The van der Waals surface area contributed by atoms with E-state index in [2.05, 4.69) is 62.1 Å². The molecule has 0 atom stereocenters. The van der Waals surface area contributed by atoms with Gasteiger partial charge in [0.2, 0.25) is 0 Å². The number of nitrogens with one attached hydrogen (secondary N) is 1. The van der Waals surface area contributed by atoms with Gasteiger partial charge in [-0.25, -0.2) is 9.97 Å². The number of hydrogen-bond donors (Lipinski definition) is 1. The number of pyridine rings is 1. The zero-order valence-corrected chi connectivity index (χ0v) is 17.4. The monoisotopic (exact) mass is 388 g/mol. The lowest BCUT2D eigenvalue weighted by atomic mass is 10.1. The van der Waals surface area contributed by atoms with Crippen LogP contribution in [-0.2, 0) is 6.54 Å². The van der Waals surface area contributed by atoms with Gasteiger partial charge in [0, 0.05) is 44.1 Å². The van der Waals surface area contributed by atoms with Crippen molar-refractivity contribution in [2.24, 2.45) is 0 Å². The Kier molecular flexibility index (Phi) is 5.60. The highest BCUT2D eigenvalue weighted by molar-refractivity contribution is 5.58. The second-order valence-electron chi connectivity index (χ2n) is 7.53. The molecule has 0 bridgehead atoms. The number of benzene rings is 1. The number of hydrogen-bond acceptors (Lipinski definition) is 6. The van der Waals surface area contributed by atoms with Crippen LogP contribution in [0.2, 0.25) is 0 Å². The molecule has 1 N–H and O–H groups in total. The first kappa shape index (κ1) is 19.2. The highest BCUT2D eigenvalue weighted by Gasteiger charge is 2.20. The van der Waals surface area contributed by atoms with Gasteiger partial charge in [-0.05, 0) is 50.1 Å². The maximum absolute atomic E-state index is 4.68. The molecule has 29 heavy (non-hydrogen) atoms. The van der Waals surface area contributed by atoms with Crippen molar-refractivity contribution in [2.45, 2.75) is 27.3 Å². The minimum Gasteiger partial charge on any atom is -0.368 e. The van der Waals surface area contributed by atoms with Crippen LogP contribution in [0.4, 0.5) is 17.3 Å². The molecule has 4 rings (SSSR count). The number of nitrogens with zero attached hydrogens (tertiary/aromatic N) is 5. The molecule has 0 unspecified atom stereocenters. The summed E-state index contributed by atoms with van der Waals surface area (Å²) in [5, 5.41) is 3.38. The quantitative estimate of drug-likeness (QED) is 0.719. The molecule has 0 saturated carbocycles. The topological polar surface area (TPSA) is 57.2 Å². The van der Waals surface area contributed by atoms with E-state index >= 15 is 0 Å². The number of rotatable bonds is 5. The van der Waals surface area contributed by atoms with E-state index in [-0.39, 0.29) is 0 Å². The van der Waals surface area contributed by atoms with E-state index < -0.39 is 0 Å². The minimum atomic E-state index is 0.650. The van der Waals surface area contributed by atoms with Crippen LogP contribution in [0.5, 0.6) is 0 Å². The van der Waals surface area contributed by atoms with Gasteiger partial charge < -0.3 is 15.1 Å². The Morgan fingerprint density at radius 1 is 0.897 bits per heavy atom. The summed E-state index contributed by atoms with van der Waals surface area (Å²) in [5.74, 6) is 2.61. The second kappa shape index (κ2) is 8.47. The van der Waals surface area contributed by atoms with Crippen molar-refractivity contribution in [1.82, 2.24) is 15.0 Å². The van der Waals surface area contributed by atoms with Gasteiger partial charge in [-0.2, -0.15) is 0 Å². The van der Waals surface area contributed by atoms with Gasteiger partial charge in [0.25, 0.3) is 0 Å². The van der Waals surface area contributed by atoms with Crippen molar-refractivity contribution in [1.29, 1.82) is 0 Å². The molecular formula is C23H28N6. The first-order valence-electron chi connectivity index (χ1n) is 10.2. The predicted molar refractivity (Wildman–Crippen MR) is 119 cm³/mol. The Morgan fingerprint density at radius 3 is 2.45 bits per heavy atom. The summed E-state index contributed by atoms with van der Waals surface area (Å²) >= 11 is 0. The molecule has 0 radical (unpaired) electrons. The molecule has 1 aromatic carbocycles. The Bertz CT molecular complexity index is 964. The first-order valence-corrected chi connectivity index (χ1v) is 10.2. The summed E-state index contributed by atoms with van der Waals surface area (Å²) in [5.41, 5.74) is 5.06. The third kappa shape index (κ3) is 4.47. The van der Waals surface area contributed by atoms with Crippen LogP contribution in [0.3, 0.4) is 0 Å². The van der Waals surface area contributed by atoms with E-state index in [1.165, 1.54) is 16.8 Å². The average molecular weight is 389 g/mol. The Balaban J connectivity index is 1.43. The third-order valence-corrected chi connectivity index (χ3v) is 5.52. The fraction of sp³-hybridized carbons (Fsp3) is 0.348. The second-order valence-corrected chi connectivity index (χ2v) is 7.53. The summed E-state index contributed by atoms with van der Waals surface area (Å²) in [6, 6.07) is 14.5. The summed E-state index contributed by atoms with van der Waals surface area (Å²) in [6.45, 7) is 10.9. The van der Waals surface area contributed by atoms with Gasteiger partial charge in [-0.1, -0.05) is 18.2 Å². The number of aromatic nitrogens is 3. The lowest BCUT2D eigenvalue weighted by Crippen LogP contribution is -2.47. The molecule has 0 spiro atoms. The molecule has 3 aromatic rings. The highest BCUT2D eigenvalue weighted by atomic mass is 15.3. The van der Waals surface area contributed by atoms with Gasteiger partial charge in [0.15, 0.2) is 0 Å². The molecule has 6 heteroatoms. The largest absolute Gasteiger partial charge is 0.368 e. The zero-order chi connectivity index (χ0) is 20.2. The van der Waals surface area contributed by atoms with Crippen LogP contribution in [-0.4, -0.2) is 41.1 Å². The van der Waals surface area contributed by atoms with E-state index in [4.69, 9.17) is 0 Å². The van der Waals surface area contributed by atoms with Gasteiger partial charge in [-0.15, -0.1) is 0 Å². The third-order valence-electron chi connectivity index (χ3n) is 5.52. The summed E-state index contributed by atoms with van der Waals surface area (Å²) in [4.78, 5) is 18.4. The summed E-state index contributed by atoms with van der Waals surface area (Å²) in [6.07, 6.45) is 1.81. The van der Waals surface area contributed by atoms with Crippen LogP contribution in [0.25, 0.3) is 0 Å². The molecule has 0 amide bonds. The fourth-order valence-electron chi connectivity index (χ4n) is 3.74. The van der Waals surface area contributed by atoms with Crippen LogP contribution >= 0.6 is 0 Å². The maximum atomic E-state index is 4.68. The molecule has 1 saturated heterocycles. The van der Waals surface area contributed by atoms with E-state index in [1.54, 1.807) is 0 Å². The van der Waals surface area contributed by atoms with Crippen molar-refractivity contribution in [3.63, 3.8) is 0 Å². The SMILES string of the molecule is Cc1nc(NCc2ccccn2)cc(N2CCN(c3cccc(C)c3C)CC2)n1. The number of aryl methyl sites for hydroxylation is 2. The standard InChI is InChI=1S/C23H28N6/c1-17-7-6-9-21(18(17)2)28-11-13-29(14-12-28)23-15-22(26-19(3)27-23)25-16-20-8-4-5-10-24-20/h4-10,15H,11-14,16H2,1-3H3,(H,25,26,27). The van der Waals surface area contributed by atoms with E-state index in [1.807, 2.05) is 37.4 Å². The smallest absolute Gasteiger partial charge is 0.134 e. The van der Waals surface area contributed by atoms with E-state index in [9.17, 15) is 0 Å². The van der Waals surface area contributed by atoms with Crippen molar-refractivity contribution >= 4 is 17.3 Å². The van der Waals surface area contributed by atoms with Crippen molar-refractivity contribution in [3.8, 4) is 0 Å². The van der Waals surface area contributed by atoms with Crippen LogP contribution in [0.1, 0.15) is 22.6 Å². The Morgan fingerprint density at radius 2 is 1.69 bits per heavy atom. The Labute approximate surface area is 172 Å². The summed E-state index contributed by atoms with van der Waals surface area (Å²) < 4.78 is 0. The van der Waals surface area contributed by atoms with Crippen LogP contribution in [0.15, 0.2) is 48.7 Å². The normalized spacial score (nSPS) is 14.2. The summed E-state index contributed by atoms with van der Waals surface area (Å²) in [7, 11) is 0. The van der Waals surface area contributed by atoms with Gasteiger partial charge in [0.05, 0.1) is 12.2 Å². The zero-order valence-electron chi connectivity index (χ0n) is 17.4. The van der Waals surface area contributed by atoms with Gasteiger partial charge >= 0.3 is 0 Å². The molecule has 1 aliphatic heterocycles. The maximum Gasteiger partial charge on any atom is 0.134 e. The average Bonchev–Trinajstić information content (AvgIpc) is 2.75. The molecule has 6 nitrogen and oxygen atoms in total. The van der Waals surface area contributed by atoms with Crippen LogP contribution < -0.4 is 15.1 Å². The first-order chi connectivity index (χ1) is 14.1. The molecule has 0 aliphatic carbocycles. The van der Waals surface area contributed by atoms with Gasteiger partial charge in [-0.3, -0.25) is 4.98 Å².